The van der Waals surface area contributed by atoms with E-state index in [1.54, 1.807) is 13.3 Å². The maximum absolute atomic E-state index is 12.5. The summed E-state index contributed by atoms with van der Waals surface area (Å²) in [5, 5.41) is 17.4. The number of anilines is 3. The number of carbonyl (C=O) groups excluding carboxylic acids is 1. The van der Waals surface area contributed by atoms with Gasteiger partial charge in [0, 0.05) is 40.4 Å². The summed E-state index contributed by atoms with van der Waals surface area (Å²) in [6.45, 7) is 4.79. The van der Waals surface area contributed by atoms with Crippen molar-refractivity contribution in [1.29, 1.82) is 5.26 Å². The van der Waals surface area contributed by atoms with E-state index in [9.17, 15) is 10.1 Å². The second-order valence-corrected chi connectivity index (χ2v) is 12.0. The molecule has 3 atom stereocenters. The number of aromatic nitrogens is 3. The summed E-state index contributed by atoms with van der Waals surface area (Å²) in [7, 11) is 3.85. The Balaban J connectivity index is 1.27. The summed E-state index contributed by atoms with van der Waals surface area (Å²) < 4.78 is 8.15. The lowest BCUT2D eigenvalue weighted by Gasteiger charge is -2.22. The van der Waals surface area contributed by atoms with Gasteiger partial charge in [-0.05, 0) is 87.4 Å². The van der Waals surface area contributed by atoms with E-state index in [0.717, 1.165) is 59.9 Å². The summed E-state index contributed by atoms with van der Waals surface area (Å²) in [5.74, 6) is 1.68. The molecule has 0 spiro atoms. The van der Waals surface area contributed by atoms with Crippen molar-refractivity contribution in [2.24, 2.45) is 5.92 Å². The van der Waals surface area contributed by atoms with E-state index < -0.39 is 0 Å². The molecular weight excluding hydrogens is 538 g/mol. The third kappa shape index (κ3) is 4.92. The van der Waals surface area contributed by atoms with Crippen LogP contribution in [-0.4, -0.2) is 52.1 Å². The van der Waals surface area contributed by atoms with Gasteiger partial charge >= 0.3 is 0 Å². The van der Waals surface area contributed by atoms with Gasteiger partial charge in [-0.2, -0.15) is 5.26 Å². The maximum atomic E-state index is 12.5. The van der Waals surface area contributed by atoms with Crippen LogP contribution < -0.4 is 15.4 Å². The number of nitrogens with zero attached hydrogens (tertiary/aromatic N) is 5. The molecule has 4 aromatic rings. The Morgan fingerprint density at radius 3 is 2.77 bits per heavy atom. The second kappa shape index (κ2) is 10.9. The standard InChI is InChI=1S/C34H35N7O2/c1-4-32(42)37-27-16-28(31(43-3)15-25(27)21-13-20-11-12-40(2)30(20)14-21)38-34-36-18-22(17-35)33(39-34)26-19-41(23-9-10-23)29-8-6-5-7-24(26)29/h4-8,15-16,18-21,23,30H,1,9-14H2,2-3H3,(H,37,42)(H,36,38,39)/t20-,21?,30+/m0/s1. The third-order valence-electron chi connectivity index (χ3n) is 9.42. The van der Waals surface area contributed by atoms with E-state index in [2.05, 4.69) is 63.1 Å². The molecule has 43 heavy (non-hydrogen) atoms. The highest BCUT2D eigenvalue weighted by Gasteiger charge is 2.41. The van der Waals surface area contributed by atoms with E-state index in [1.165, 1.54) is 12.5 Å². The fourth-order valence-corrected chi connectivity index (χ4v) is 7.13. The van der Waals surface area contributed by atoms with Crippen LogP contribution in [0.1, 0.15) is 55.2 Å². The van der Waals surface area contributed by atoms with Crippen molar-refractivity contribution in [1.82, 2.24) is 19.4 Å². The molecule has 1 aliphatic heterocycles. The van der Waals surface area contributed by atoms with E-state index >= 15 is 0 Å². The number of rotatable bonds is 8. The molecule has 2 aromatic heterocycles. The van der Waals surface area contributed by atoms with Crippen LogP contribution in [0.3, 0.4) is 0 Å². The number of ether oxygens (including phenoxy) is 1. The summed E-state index contributed by atoms with van der Waals surface area (Å²) in [6, 6.07) is 15.5. The van der Waals surface area contributed by atoms with Crippen LogP contribution in [0.4, 0.5) is 17.3 Å². The van der Waals surface area contributed by atoms with Gasteiger partial charge in [0.05, 0.1) is 30.3 Å². The highest BCUT2D eigenvalue weighted by Crippen LogP contribution is 2.49. The number of amides is 1. The molecule has 2 N–H and O–H groups in total. The highest BCUT2D eigenvalue weighted by atomic mass is 16.5. The number of para-hydroxylation sites is 1. The molecule has 0 bridgehead atoms. The Labute approximate surface area is 251 Å². The fraction of sp³-hybridized carbons (Fsp3) is 0.353. The number of likely N-dealkylation sites (tertiary alicyclic amines) is 1. The summed E-state index contributed by atoms with van der Waals surface area (Å²) in [5.41, 5.74) is 5.44. The maximum Gasteiger partial charge on any atom is 0.247 e. The second-order valence-electron chi connectivity index (χ2n) is 12.0. The van der Waals surface area contributed by atoms with Crippen molar-refractivity contribution in [3.8, 4) is 23.1 Å². The van der Waals surface area contributed by atoms with Gasteiger partial charge in [-0.25, -0.2) is 9.97 Å². The van der Waals surface area contributed by atoms with Crippen LogP contribution in [0.15, 0.2) is 61.4 Å². The van der Waals surface area contributed by atoms with Crippen molar-refractivity contribution in [3.63, 3.8) is 0 Å². The number of carbonyl (C=O) groups is 1. The first kappa shape index (κ1) is 27.2. The molecule has 3 fully saturated rings. The number of hydrogen-bond acceptors (Lipinski definition) is 7. The summed E-state index contributed by atoms with van der Waals surface area (Å²) in [4.78, 5) is 24.3. The lowest BCUT2D eigenvalue weighted by Crippen LogP contribution is -2.25. The minimum atomic E-state index is -0.267. The number of nitrogens with one attached hydrogen (secondary N) is 2. The molecule has 2 saturated carbocycles. The molecule has 2 aromatic carbocycles. The van der Waals surface area contributed by atoms with Gasteiger partial charge < -0.3 is 24.8 Å². The number of fused-ring (bicyclic) bond motifs is 2. The Bertz CT molecular complexity index is 1780. The lowest BCUT2D eigenvalue weighted by atomic mass is 9.93. The van der Waals surface area contributed by atoms with Crippen molar-refractivity contribution in [3.05, 3.63) is 72.6 Å². The molecule has 1 unspecified atom stereocenters. The van der Waals surface area contributed by atoms with E-state index in [0.29, 0.717) is 52.6 Å². The van der Waals surface area contributed by atoms with Gasteiger partial charge in [-0.1, -0.05) is 24.8 Å². The van der Waals surface area contributed by atoms with Crippen molar-refractivity contribution < 1.29 is 9.53 Å². The number of hydrogen-bond donors (Lipinski definition) is 2. The Morgan fingerprint density at radius 2 is 2.02 bits per heavy atom. The van der Waals surface area contributed by atoms with Crippen LogP contribution in [0.25, 0.3) is 22.2 Å². The van der Waals surface area contributed by atoms with E-state index in [1.807, 2.05) is 24.3 Å². The first-order valence-electron chi connectivity index (χ1n) is 15.0. The molecular formula is C34H35N7O2. The van der Waals surface area contributed by atoms with Gasteiger partial charge in [-0.15, -0.1) is 0 Å². The first-order valence-corrected chi connectivity index (χ1v) is 15.0. The first-order chi connectivity index (χ1) is 21.0. The molecule has 3 aliphatic rings. The predicted octanol–water partition coefficient (Wildman–Crippen LogP) is 6.38. The van der Waals surface area contributed by atoms with Crippen molar-refractivity contribution in [2.45, 2.75) is 50.1 Å². The molecule has 1 amide bonds. The molecule has 218 valence electrons. The molecule has 2 aliphatic carbocycles. The fourth-order valence-electron chi connectivity index (χ4n) is 7.13. The van der Waals surface area contributed by atoms with Crippen molar-refractivity contribution >= 4 is 34.1 Å². The van der Waals surface area contributed by atoms with Gasteiger partial charge in [0.25, 0.3) is 0 Å². The van der Waals surface area contributed by atoms with Gasteiger partial charge in [0.15, 0.2) is 0 Å². The van der Waals surface area contributed by atoms with E-state index in [4.69, 9.17) is 9.72 Å². The van der Waals surface area contributed by atoms with Crippen LogP contribution in [0.2, 0.25) is 0 Å². The average molecular weight is 574 g/mol. The van der Waals surface area contributed by atoms with Crippen molar-refractivity contribution in [2.75, 3.05) is 31.3 Å². The summed E-state index contributed by atoms with van der Waals surface area (Å²) in [6.07, 6.45) is 10.6. The van der Waals surface area contributed by atoms with Crippen LogP contribution in [0, 0.1) is 17.2 Å². The Hall–Kier alpha value is -4.68. The smallest absolute Gasteiger partial charge is 0.247 e. The highest BCUT2D eigenvalue weighted by molar-refractivity contribution is 6.00. The predicted molar refractivity (Wildman–Crippen MR) is 168 cm³/mol. The number of methoxy groups -OCH3 is 1. The lowest BCUT2D eigenvalue weighted by molar-refractivity contribution is -0.111. The van der Waals surface area contributed by atoms with Gasteiger partial charge in [0.1, 0.15) is 11.8 Å². The minimum absolute atomic E-state index is 0.267. The number of benzene rings is 2. The summed E-state index contributed by atoms with van der Waals surface area (Å²) >= 11 is 0. The minimum Gasteiger partial charge on any atom is -0.495 e. The molecule has 7 rings (SSSR count). The molecule has 0 radical (unpaired) electrons. The van der Waals surface area contributed by atoms with Crippen LogP contribution in [-0.2, 0) is 4.79 Å². The normalized spacial score (nSPS) is 21.4. The average Bonchev–Trinajstić information content (AvgIpc) is 3.52. The quantitative estimate of drug-likeness (QED) is 0.236. The third-order valence-corrected chi connectivity index (χ3v) is 9.42. The Morgan fingerprint density at radius 1 is 1.19 bits per heavy atom. The van der Waals surface area contributed by atoms with Gasteiger partial charge in [-0.3, -0.25) is 4.79 Å². The molecule has 1 saturated heterocycles. The monoisotopic (exact) mass is 573 g/mol. The number of nitriles is 1. The van der Waals surface area contributed by atoms with Crippen LogP contribution in [0.5, 0.6) is 5.75 Å². The zero-order chi connectivity index (χ0) is 29.7. The molecule has 9 nitrogen and oxygen atoms in total. The van der Waals surface area contributed by atoms with Gasteiger partial charge in [0.2, 0.25) is 11.9 Å². The SMILES string of the molecule is C=CC(=O)Nc1cc(Nc2ncc(C#N)c(-c3cn(C4CC4)c4ccccc34)n2)c(OC)cc1C1C[C@@H]2CCN(C)[C@@H]2C1. The molecule has 3 heterocycles. The topological polar surface area (TPSA) is 108 Å². The van der Waals surface area contributed by atoms with E-state index in [-0.39, 0.29) is 5.91 Å². The zero-order valence-corrected chi connectivity index (χ0v) is 24.5. The van der Waals surface area contributed by atoms with Crippen LogP contribution >= 0.6 is 0 Å². The Kier molecular flexibility index (Phi) is 6.86. The zero-order valence-electron chi connectivity index (χ0n) is 24.5. The largest absolute Gasteiger partial charge is 0.495 e. The molecule has 9 heteroatoms.